The number of carbonyl (C=O) groups excluding carboxylic acids is 1. The molecular weight excluding hydrogens is 252 g/mol. The smallest absolute Gasteiger partial charge is 0.226 e. The van der Waals surface area contributed by atoms with Gasteiger partial charge in [-0.3, -0.25) is 4.79 Å². The molecule has 4 heteroatoms. The van der Waals surface area contributed by atoms with Gasteiger partial charge < -0.3 is 15.4 Å². The molecule has 0 aromatic heterocycles. The number of aryl methyl sites for hydroxylation is 1. The van der Waals surface area contributed by atoms with Gasteiger partial charge in [-0.05, 0) is 19.4 Å². The molecule has 0 heterocycles. The summed E-state index contributed by atoms with van der Waals surface area (Å²) in [5, 5.41) is 0. The van der Waals surface area contributed by atoms with Crippen molar-refractivity contribution in [1.29, 1.82) is 0 Å². The van der Waals surface area contributed by atoms with Crippen LogP contribution in [0.1, 0.15) is 30.9 Å². The molecule has 1 unspecified atom stereocenters. The van der Waals surface area contributed by atoms with Crippen LogP contribution in [0.4, 0.5) is 0 Å². The molecule has 1 amide bonds. The first-order valence-electron chi connectivity index (χ1n) is 7.12. The standard InChI is InChI=1S/C16H26N2O2/c1-5-6-13(10-17)16(19)18(3)11-14-9-12(2)7-8-15(14)20-4/h7-9,13H,5-6,10-11,17H2,1-4H3. The highest BCUT2D eigenvalue weighted by Crippen LogP contribution is 2.22. The fourth-order valence-corrected chi connectivity index (χ4v) is 2.37. The first-order valence-corrected chi connectivity index (χ1v) is 7.12. The monoisotopic (exact) mass is 278 g/mol. The zero-order chi connectivity index (χ0) is 15.1. The molecule has 1 atom stereocenters. The molecule has 1 rings (SSSR count). The van der Waals surface area contributed by atoms with E-state index >= 15 is 0 Å². The largest absolute Gasteiger partial charge is 0.496 e. The van der Waals surface area contributed by atoms with E-state index in [1.165, 1.54) is 0 Å². The fraction of sp³-hybridized carbons (Fsp3) is 0.562. The van der Waals surface area contributed by atoms with Gasteiger partial charge in [0.15, 0.2) is 0 Å². The van der Waals surface area contributed by atoms with Crippen molar-refractivity contribution in [3.63, 3.8) is 0 Å². The van der Waals surface area contributed by atoms with Gasteiger partial charge in [-0.25, -0.2) is 0 Å². The topological polar surface area (TPSA) is 55.6 Å². The number of carbonyl (C=O) groups is 1. The molecule has 0 fully saturated rings. The van der Waals surface area contributed by atoms with Crippen molar-refractivity contribution < 1.29 is 9.53 Å². The molecule has 0 bridgehead atoms. The summed E-state index contributed by atoms with van der Waals surface area (Å²) in [6.07, 6.45) is 1.81. The Morgan fingerprint density at radius 3 is 2.70 bits per heavy atom. The number of rotatable bonds is 7. The van der Waals surface area contributed by atoms with Gasteiger partial charge in [-0.2, -0.15) is 0 Å². The van der Waals surface area contributed by atoms with Gasteiger partial charge in [0.25, 0.3) is 0 Å². The molecule has 0 aliphatic rings. The van der Waals surface area contributed by atoms with E-state index in [1.807, 2.05) is 26.1 Å². The van der Waals surface area contributed by atoms with E-state index in [2.05, 4.69) is 13.0 Å². The second kappa shape index (κ2) is 7.90. The average molecular weight is 278 g/mol. The lowest BCUT2D eigenvalue weighted by molar-refractivity contribution is -0.134. The van der Waals surface area contributed by atoms with Crippen molar-refractivity contribution in [2.45, 2.75) is 33.2 Å². The van der Waals surface area contributed by atoms with Crippen LogP contribution in [0.2, 0.25) is 0 Å². The molecule has 0 aliphatic carbocycles. The Kier molecular flexibility index (Phi) is 6.52. The maximum atomic E-state index is 12.4. The quantitative estimate of drug-likeness (QED) is 0.833. The highest BCUT2D eigenvalue weighted by molar-refractivity contribution is 5.78. The van der Waals surface area contributed by atoms with Gasteiger partial charge in [-0.15, -0.1) is 0 Å². The predicted molar refractivity (Wildman–Crippen MR) is 81.7 cm³/mol. The van der Waals surface area contributed by atoms with Gasteiger partial charge in [0.1, 0.15) is 5.75 Å². The van der Waals surface area contributed by atoms with Gasteiger partial charge >= 0.3 is 0 Å². The van der Waals surface area contributed by atoms with Crippen molar-refractivity contribution >= 4 is 5.91 Å². The predicted octanol–water partition coefficient (Wildman–Crippen LogP) is 2.34. The molecule has 0 saturated heterocycles. The minimum atomic E-state index is -0.0826. The summed E-state index contributed by atoms with van der Waals surface area (Å²) in [4.78, 5) is 14.1. The molecular formula is C16H26N2O2. The van der Waals surface area contributed by atoms with Crippen LogP contribution < -0.4 is 10.5 Å². The van der Waals surface area contributed by atoms with Gasteiger partial charge in [-0.1, -0.05) is 31.0 Å². The first kappa shape index (κ1) is 16.5. The van der Waals surface area contributed by atoms with Crippen LogP contribution >= 0.6 is 0 Å². The summed E-state index contributed by atoms with van der Waals surface area (Å²) in [5.74, 6) is 0.841. The summed E-state index contributed by atoms with van der Waals surface area (Å²) in [5.41, 5.74) is 7.88. The maximum Gasteiger partial charge on any atom is 0.226 e. The molecule has 1 aromatic rings. The molecule has 20 heavy (non-hydrogen) atoms. The second-order valence-corrected chi connectivity index (χ2v) is 5.23. The lowest BCUT2D eigenvalue weighted by Crippen LogP contribution is -2.36. The minimum Gasteiger partial charge on any atom is -0.496 e. The minimum absolute atomic E-state index is 0.0826. The second-order valence-electron chi connectivity index (χ2n) is 5.23. The zero-order valence-electron chi connectivity index (χ0n) is 13.0. The van der Waals surface area contributed by atoms with Gasteiger partial charge in [0, 0.05) is 25.7 Å². The Morgan fingerprint density at radius 1 is 1.45 bits per heavy atom. The number of nitrogens with zero attached hydrogens (tertiary/aromatic N) is 1. The number of methoxy groups -OCH3 is 1. The van der Waals surface area contributed by atoms with Crippen LogP contribution in [0.25, 0.3) is 0 Å². The molecule has 0 saturated carbocycles. The number of hydrogen-bond acceptors (Lipinski definition) is 3. The van der Waals surface area contributed by atoms with Crippen molar-refractivity contribution in [3.8, 4) is 5.75 Å². The Morgan fingerprint density at radius 2 is 2.15 bits per heavy atom. The molecule has 2 N–H and O–H groups in total. The van der Waals surface area contributed by atoms with Crippen molar-refractivity contribution in [2.75, 3.05) is 20.7 Å². The van der Waals surface area contributed by atoms with Crippen LogP contribution in [0.5, 0.6) is 5.75 Å². The van der Waals surface area contributed by atoms with E-state index in [4.69, 9.17) is 10.5 Å². The summed E-state index contributed by atoms with van der Waals surface area (Å²) in [6.45, 7) is 5.05. The average Bonchev–Trinajstić information content (AvgIpc) is 2.44. The van der Waals surface area contributed by atoms with Crippen LogP contribution in [-0.4, -0.2) is 31.5 Å². The zero-order valence-corrected chi connectivity index (χ0v) is 13.0. The lowest BCUT2D eigenvalue weighted by atomic mass is 10.0. The van der Waals surface area contributed by atoms with Gasteiger partial charge in [0.2, 0.25) is 5.91 Å². The molecule has 0 spiro atoms. The summed E-state index contributed by atoms with van der Waals surface area (Å²) < 4.78 is 5.35. The van der Waals surface area contributed by atoms with E-state index in [0.717, 1.165) is 29.7 Å². The van der Waals surface area contributed by atoms with Crippen molar-refractivity contribution in [1.82, 2.24) is 4.90 Å². The lowest BCUT2D eigenvalue weighted by Gasteiger charge is -2.23. The number of nitrogens with two attached hydrogens (primary N) is 1. The first-order chi connectivity index (χ1) is 9.53. The number of amides is 1. The molecule has 0 aliphatic heterocycles. The van der Waals surface area contributed by atoms with E-state index in [1.54, 1.807) is 12.0 Å². The summed E-state index contributed by atoms with van der Waals surface area (Å²) in [7, 11) is 3.47. The van der Waals surface area contributed by atoms with Crippen LogP contribution in [0.3, 0.4) is 0 Å². The normalized spacial score (nSPS) is 12.1. The van der Waals surface area contributed by atoms with E-state index < -0.39 is 0 Å². The Hall–Kier alpha value is -1.55. The van der Waals surface area contributed by atoms with Crippen molar-refractivity contribution in [2.24, 2.45) is 11.7 Å². The summed E-state index contributed by atoms with van der Waals surface area (Å²) in [6, 6.07) is 6.00. The van der Waals surface area contributed by atoms with Crippen LogP contribution in [-0.2, 0) is 11.3 Å². The molecule has 4 nitrogen and oxygen atoms in total. The van der Waals surface area contributed by atoms with Crippen LogP contribution in [0.15, 0.2) is 18.2 Å². The van der Waals surface area contributed by atoms with Crippen LogP contribution in [0, 0.1) is 12.8 Å². The molecule has 1 aromatic carbocycles. The fourth-order valence-electron chi connectivity index (χ4n) is 2.37. The van der Waals surface area contributed by atoms with E-state index in [-0.39, 0.29) is 11.8 Å². The Bertz CT molecular complexity index is 446. The third kappa shape index (κ3) is 4.23. The Labute approximate surface area is 121 Å². The third-order valence-corrected chi connectivity index (χ3v) is 3.49. The molecule has 112 valence electrons. The highest BCUT2D eigenvalue weighted by atomic mass is 16.5. The number of benzene rings is 1. The summed E-state index contributed by atoms with van der Waals surface area (Å²) >= 11 is 0. The van der Waals surface area contributed by atoms with E-state index in [0.29, 0.717) is 13.1 Å². The molecule has 0 radical (unpaired) electrons. The number of ether oxygens (including phenoxy) is 1. The van der Waals surface area contributed by atoms with E-state index in [9.17, 15) is 4.79 Å². The SMILES string of the molecule is CCCC(CN)C(=O)N(C)Cc1cc(C)ccc1OC. The maximum absolute atomic E-state index is 12.4. The highest BCUT2D eigenvalue weighted by Gasteiger charge is 2.20. The third-order valence-electron chi connectivity index (χ3n) is 3.49. The van der Waals surface area contributed by atoms with Crippen molar-refractivity contribution in [3.05, 3.63) is 29.3 Å². The number of hydrogen-bond donors (Lipinski definition) is 1. The Balaban J connectivity index is 2.81. The van der Waals surface area contributed by atoms with Gasteiger partial charge in [0.05, 0.1) is 13.0 Å².